The molecule has 2 aromatic carbocycles. The first-order valence-corrected chi connectivity index (χ1v) is 8.68. The third-order valence-electron chi connectivity index (χ3n) is 3.01. The van der Waals surface area contributed by atoms with Gasteiger partial charge in [-0.15, -0.1) is 0 Å². The standard InChI is InChI=1S/C14H14BrClN2O2S/c1-18(9-10-4-2-3-5-12(10)16)21(19,20)14-8-11(15)6-7-13(14)17/h2-8H,9,17H2,1H3. The van der Waals surface area contributed by atoms with Gasteiger partial charge >= 0.3 is 0 Å². The Kier molecular flexibility index (Phi) is 4.93. The van der Waals surface area contributed by atoms with Crippen LogP contribution in [0.2, 0.25) is 5.02 Å². The second kappa shape index (κ2) is 6.36. The molecule has 0 spiro atoms. The molecule has 2 N–H and O–H groups in total. The largest absolute Gasteiger partial charge is 0.398 e. The topological polar surface area (TPSA) is 63.4 Å². The highest BCUT2D eigenvalue weighted by Crippen LogP contribution is 2.27. The number of rotatable bonds is 4. The van der Waals surface area contributed by atoms with Gasteiger partial charge < -0.3 is 5.73 Å². The fourth-order valence-corrected chi connectivity index (χ4v) is 3.85. The number of hydrogen-bond donors (Lipinski definition) is 1. The van der Waals surface area contributed by atoms with Crippen LogP contribution in [0.3, 0.4) is 0 Å². The number of nitrogens with two attached hydrogens (primary N) is 1. The fourth-order valence-electron chi connectivity index (χ4n) is 1.85. The van der Waals surface area contributed by atoms with Gasteiger partial charge in [0.2, 0.25) is 10.0 Å². The van der Waals surface area contributed by atoms with Gasteiger partial charge in [-0.1, -0.05) is 45.7 Å². The molecule has 0 bridgehead atoms. The van der Waals surface area contributed by atoms with Crippen molar-refractivity contribution < 1.29 is 8.42 Å². The van der Waals surface area contributed by atoms with Gasteiger partial charge in [-0.05, 0) is 29.8 Å². The fraction of sp³-hybridized carbons (Fsp3) is 0.143. The average Bonchev–Trinajstić information content (AvgIpc) is 2.43. The second-order valence-electron chi connectivity index (χ2n) is 4.53. The maximum absolute atomic E-state index is 12.6. The van der Waals surface area contributed by atoms with Crippen molar-refractivity contribution in [3.05, 3.63) is 57.5 Å². The third kappa shape index (κ3) is 3.58. The zero-order chi connectivity index (χ0) is 15.6. The van der Waals surface area contributed by atoms with Crippen LogP contribution in [0.4, 0.5) is 5.69 Å². The highest BCUT2D eigenvalue weighted by atomic mass is 79.9. The van der Waals surface area contributed by atoms with E-state index in [1.165, 1.54) is 17.4 Å². The summed E-state index contributed by atoms with van der Waals surface area (Å²) in [5.74, 6) is 0. The van der Waals surface area contributed by atoms with Crippen molar-refractivity contribution in [1.29, 1.82) is 0 Å². The van der Waals surface area contributed by atoms with E-state index >= 15 is 0 Å². The molecular weight excluding hydrogens is 376 g/mol. The van der Waals surface area contributed by atoms with E-state index in [2.05, 4.69) is 15.9 Å². The summed E-state index contributed by atoms with van der Waals surface area (Å²) in [5, 5.41) is 0.529. The molecule has 7 heteroatoms. The van der Waals surface area contributed by atoms with Crippen LogP contribution in [0.5, 0.6) is 0 Å². The van der Waals surface area contributed by atoms with Crippen LogP contribution in [0.15, 0.2) is 51.8 Å². The predicted octanol–water partition coefficient (Wildman–Crippen LogP) is 3.51. The molecule has 0 saturated carbocycles. The van der Waals surface area contributed by atoms with Crippen molar-refractivity contribution in [2.24, 2.45) is 0 Å². The lowest BCUT2D eigenvalue weighted by atomic mass is 10.2. The van der Waals surface area contributed by atoms with Gasteiger partial charge in [0.15, 0.2) is 0 Å². The van der Waals surface area contributed by atoms with E-state index in [-0.39, 0.29) is 17.1 Å². The van der Waals surface area contributed by atoms with E-state index in [1.54, 1.807) is 30.3 Å². The van der Waals surface area contributed by atoms with Crippen LogP contribution in [-0.2, 0) is 16.6 Å². The van der Waals surface area contributed by atoms with Crippen LogP contribution in [-0.4, -0.2) is 19.8 Å². The first-order chi connectivity index (χ1) is 9.82. The third-order valence-corrected chi connectivity index (χ3v) is 5.74. The highest BCUT2D eigenvalue weighted by molar-refractivity contribution is 9.10. The number of benzene rings is 2. The first-order valence-electron chi connectivity index (χ1n) is 6.07. The Balaban J connectivity index is 2.35. The zero-order valence-corrected chi connectivity index (χ0v) is 14.4. The van der Waals surface area contributed by atoms with Crippen molar-refractivity contribution in [1.82, 2.24) is 4.31 Å². The molecule has 0 unspecified atom stereocenters. The number of anilines is 1. The summed E-state index contributed by atoms with van der Waals surface area (Å²) in [5.41, 5.74) is 6.73. The molecule has 21 heavy (non-hydrogen) atoms. The number of sulfonamides is 1. The number of halogens is 2. The van der Waals surface area contributed by atoms with Crippen molar-refractivity contribution in [3.8, 4) is 0 Å². The van der Waals surface area contributed by atoms with Crippen LogP contribution < -0.4 is 5.73 Å². The quantitative estimate of drug-likeness (QED) is 0.814. The smallest absolute Gasteiger partial charge is 0.245 e. The summed E-state index contributed by atoms with van der Waals surface area (Å²) in [6, 6.07) is 11.9. The SMILES string of the molecule is CN(Cc1ccccc1Cl)S(=O)(=O)c1cc(Br)ccc1N. The van der Waals surface area contributed by atoms with Crippen LogP contribution in [0, 0.1) is 0 Å². The van der Waals surface area contributed by atoms with Crippen LogP contribution in [0.25, 0.3) is 0 Å². The lowest BCUT2D eigenvalue weighted by Crippen LogP contribution is -2.27. The summed E-state index contributed by atoms with van der Waals surface area (Å²) in [7, 11) is -2.19. The molecule has 112 valence electrons. The molecular formula is C14H14BrClN2O2S. The molecule has 4 nitrogen and oxygen atoms in total. The highest BCUT2D eigenvalue weighted by Gasteiger charge is 2.24. The molecule has 0 aliphatic rings. The molecule has 2 rings (SSSR count). The Morgan fingerprint density at radius 2 is 1.90 bits per heavy atom. The van der Waals surface area contributed by atoms with Gasteiger partial charge in [0.25, 0.3) is 0 Å². The predicted molar refractivity (Wildman–Crippen MR) is 88.7 cm³/mol. The Morgan fingerprint density at radius 3 is 2.57 bits per heavy atom. The van der Waals surface area contributed by atoms with Crippen molar-refractivity contribution in [2.75, 3.05) is 12.8 Å². The van der Waals surface area contributed by atoms with E-state index in [4.69, 9.17) is 17.3 Å². The Labute approximate surface area is 137 Å². The van der Waals surface area contributed by atoms with E-state index in [0.29, 0.717) is 9.50 Å². The molecule has 0 aromatic heterocycles. The minimum absolute atomic E-state index is 0.0754. The lowest BCUT2D eigenvalue weighted by Gasteiger charge is -2.19. The van der Waals surface area contributed by atoms with Crippen LogP contribution >= 0.6 is 27.5 Å². The first kappa shape index (κ1) is 16.3. The van der Waals surface area contributed by atoms with Crippen LogP contribution in [0.1, 0.15) is 5.56 Å². The van der Waals surface area contributed by atoms with Crippen molar-refractivity contribution in [2.45, 2.75) is 11.4 Å². The molecule has 0 atom stereocenters. The van der Waals surface area contributed by atoms with Crippen molar-refractivity contribution in [3.63, 3.8) is 0 Å². The number of hydrogen-bond acceptors (Lipinski definition) is 3. The maximum Gasteiger partial charge on any atom is 0.245 e. The minimum atomic E-state index is -3.69. The Hall–Kier alpha value is -1.08. The molecule has 0 heterocycles. The van der Waals surface area contributed by atoms with Gasteiger partial charge in [0.05, 0.1) is 5.69 Å². The average molecular weight is 390 g/mol. The summed E-state index contributed by atoms with van der Waals surface area (Å²) in [4.78, 5) is 0.0754. The van der Waals surface area contributed by atoms with Gasteiger partial charge in [-0.3, -0.25) is 0 Å². The molecule has 2 aromatic rings. The van der Waals surface area contributed by atoms with Gasteiger partial charge in [-0.25, -0.2) is 8.42 Å². The summed E-state index contributed by atoms with van der Waals surface area (Å²) >= 11 is 9.32. The second-order valence-corrected chi connectivity index (χ2v) is 7.87. The van der Waals surface area contributed by atoms with E-state index < -0.39 is 10.0 Å². The minimum Gasteiger partial charge on any atom is -0.398 e. The van der Waals surface area contributed by atoms with Gasteiger partial charge in [0, 0.05) is 23.1 Å². The maximum atomic E-state index is 12.6. The van der Waals surface area contributed by atoms with Crippen molar-refractivity contribution >= 4 is 43.2 Å². The molecule has 0 saturated heterocycles. The number of nitrogen functional groups attached to an aromatic ring is 1. The number of nitrogens with zero attached hydrogens (tertiary/aromatic N) is 1. The Bertz CT molecular complexity index is 765. The normalized spacial score (nSPS) is 11.8. The Morgan fingerprint density at radius 1 is 1.24 bits per heavy atom. The zero-order valence-electron chi connectivity index (χ0n) is 11.3. The van der Waals surface area contributed by atoms with E-state index in [0.717, 1.165) is 5.56 Å². The molecule has 0 aliphatic carbocycles. The molecule has 0 amide bonds. The van der Waals surface area contributed by atoms with Gasteiger partial charge in [-0.2, -0.15) is 4.31 Å². The summed E-state index contributed by atoms with van der Waals surface area (Å²) in [6.45, 7) is 0.175. The molecule has 0 radical (unpaired) electrons. The monoisotopic (exact) mass is 388 g/mol. The molecule has 0 aliphatic heterocycles. The van der Waals surface area contributed by atoms with E-state index in [9.17, 15) is 8.42 Å². The summed E-state index contributed by atoms with van der Waals surface area (Å²) < 4.78 is 27.1. The van der Waals surface area contributed by atoms with Gasteiger partial charge in [0.1, 0.15) is 4.90 Å². The lowest BCUT2D eigenvalue weighted by molar-refractivity contribution is 0.467. The summed E-state index contributed by atoms with van der Waals surface area (Å²) in [6.07, 6.45) is 0. The van der Waals surface area contributed by atoms with E-state index in [1.807, 2.05) is 6.07 Å². The molecule has 0 fully saturated rings.